The van der Waals surface area contributed by atoms with Crippen molar-refractivity contribution in [1.82, 2.24) is 9.97 Å². The highest BCUT2D eigenvalue weighted by molar-refractivity contribution is 7.13. The number of nitrogens with one attached hydrogen (secondary N) is 1. The van der Waals surface area contributed by atoms with E-state index in [1.54, 1.807) is 18.7 Å². The predicted octanol–water partition coefficient (Wildman–Crippen LogP) is 2.86. The van der Waals surface area contributed by atoms with E-state index < -0.39 is 0 Å². The first-order valence-corrected chi connectivity index (χ1v) is 7.38. The second-order valence-electron chi connectivity index (χ2n) is 4.19. The molecule has 1 N–H and O–H groups in total. The molecule has 112 valence electrons. The lowest BCUT2D eigenvalue weighted by Crippen LogP contribution is -2.19. The molecule has 8 heteroatoms. The van der Waals surface area contributed by atoms with Crippen LogP contribution < -0.4 is 10.1 Å². The van der Waals surface area contributed by atoms with Gasteiger partial charge < -0.3 is 9.47 Å². The fraction of sp³-hybridized carbons (Fsp3) is 0.308. The van der Waals surface area contributed by atoms with Crippen LogP contribution in [0.3, 0.4) is 0 Å². The van der Waals surface area contributed by atoms with Crippen LogP contribution in [0, 0.1) is 0 Å². The number of nitrogens with zero attached hydrogens (tertiary/aromatic N) is 2. The van der Waals surface area contributed by atoms with Crippen molar-refractivity contribution < 1.29 is 14.3 Å². The molecule has 0 aliphatic heterocycles. The molecule has 6 nitrogen and oxygen atoms in total. The second-order valence-corrected chi connectivity index (χ2v) is 5.47. The summed E-state index contributed by atoms with van der Waals surface area (Å²) in [5.41, 5.74) is 0.352. The Kier molecular flexibility index (Phi) is 5.49. The van der Waals surface area contributed by atoms with Gasteiger partial charge in [-0.2, -0.15) is 0 Å². The fourth-order valence-corrected chi connectivity index (χ4v) is 2.32. The van der Waals surface area contributed by atoms with E-state index in [0.717, 1.165) is 0 Å². The minimum absolute atomic E-state index is 0.182. The normalized spacial score (nSPS) is 12.0. The van der Waals surface area contributed by atoms with Crippen LogP contribution in [0.5, 0.6) is 5.88 Å². The summed E-state index contributed by atoms with van der Waals surface area (Å²) in [5.74, 6) is -0.0465. The van der Waals surface area contributed by atoms with Gasteiger partial charge in [-0.15, -0.1) is 11.3 Å². The van der Waals surface area contributed by atoms with Gasteiger partial charge in [-0.1, -0.05) is 11.6 Å². The molecule has 0 aliphatic carbocycles. The van der Waals surface area contributed by atoms with Crippen molar-refractivity contribution in [2.45, 2.75) is 13.0 Å². The zero-order chi connectivity index (χ0) is 15.2. The Hall–Kier alpha value is -1.70. The third-order valence-corrected chi connectivity index (χ3v) is 3.29. The van der Waals surface area contributed by atoms with Gasteiger partial charge in [0.25, 0.3) is 5.91 Å². The number of ether oxygens (including phenoxy) is 2. The molecule has 0 unspecified atom stereocenters. The van der Waals surface area contributed by atoms with Crippen LogP contribution in [0.4, 0.5) is 5.13 Å². The van der Waals surface area contributed by atoms with Gasteiger partial charge in [0.15, 0.2) is 5.13 Å². The van der Waals surface area contributed by atoms with Gasteiger partial charge in [0.2, 0.25) is 5.88 Å². The van der Waals surface area contributed by atoms with E-state index in [4.69, 9.17) is 21.1 Å². The molecular weight excluding hydrogens is 314 g/mol. The number of carbonyl (C=O) groups is 1. The van der Waals surface area contributed by atoms with Crippen molar-refractivity contribution in [1.29, 1.82) is 0 Å². The standard InChI is InChI=1S/C13H14ClN3O3S/c1-8(7-19-2)20-11-6-9(5-10(14)16-11)12(18)17-13-15-3-4-21-13/h3-6,8H,7H2,1-2H3,(H,15,17,18)/t8-/m0/s1. The predicted molar refractivity (Wildman–Crippen MR) is 81.3 cm³/mol. The SMILES string of the molecule is COC[C@H](C)Oc1cc(C(=O)Nc2nccs2)cc(Cl)n1. The van der Waals surface area contributed by atoms with Crippen molar-refractivity contribution >= 4 is 34.0 Å². The third-order valence-electron chi connectivity index (χ3n) is 2.41. The van der Waals surface area contributed by atoms with Crippen molar-refractivity contribution in [2.24, 2.45) is 0 Å². The van der Waals surface area contributed by atoms with Gasteiger partial charge in [-0.05, 0) is 13.0 Å². The largest absolute Gasteiger partial charge is 0.472 e. The van der Waals surface area contributed by atoms with Crippen LogP contribution in [0.1, 0.15) is 17.3 Å². The van der Waals surface area contributed by atoms with Crippen LogP contribution in [-0.2, 0) is 4.74 Å². The van der Waals surface area contributed by atoms with Crippen LogP contribution in [0.25, 0.3) is 0 Å². The Balaban J connectivity index is 2.12. The van der Waals surface area contributed by atoms with Gasteiger partial charge in [0, 0.05) is 30.3 Å². The van der Waals surface area contributed by atoms with Gasteiger partial charge in [-0.3, -0.25) is 10.1 Å². The molecule has 0 aromatic carbocycles. The average Bonchev–Trinajstić information content (AvgIpc) is 2.91. The zero-order valence-electron chi connectivity index (χ0n) is 11.5. The third kappa shape index (κ3) is 4.66. The number of hydrogen-bond donors (Lipinski definition) is 1. The molecule has 21 heavy (non-hydrogen) atoms. The van der Waals surface area contributed by atoms with Crippen LogP contribution in [0.2, 0.25) is 5.15 Å². The summed E-state index contributed by atoms with van der Waals surface area (Å²) in [5, 5.41) is 5.15. The van der Waals surface area contributed by atoms with E-state index in [2.05, 4.69) is 15.3 Å². The molecule has 2 rings (SSSR count). The van der Waals surface area contributed by atoms with E-state index in [-0.39, 0.29) is 23.0 Å². The number of anilines is 1. The molecular formula is C13H14ClN3O3S. The lowest BCUT2D eigenvalue weighted by Gasteiger charge is -2.13. The van der Waals surface area contributed by atoms with Crippen LogP contribution >= 0.6 is 22.9 Å². The highest BCUT2D eigenvalue weighted by atomic mass is 35.5. The van der Waals surface area contributed by atoms with Crippen molar-refractivity contribution in [3.8, 4) is 5.88 Å². The Morgan fingerprint density at radius 1 is 1.52 bits per heavy atom. The maximum absolute atomic E-state index is 12.1. The Bertz CT molecular complexity index is 607. The maximum Gasteiger partial charge on any atom is 0.257 e. The summed E-state index contributed by atoms with van der Waals surface area (Å²) in [6.45, 7) is 2.25. The highest BCUT2D eigenvalue weighted by Crippen LogP contribution is 2.19. The lowest BCUT2D eigenvalue weighted by atomic mass is 10.2. The molecule has 0 aliphatic rings. The number of amides is 1. The van der Waals surface area contributed by atoms with E-state index in [0.29, 0.717) is 17.3 Å². The lowest BCUT2D eigenvalue weighted by molar-refractivity contribution is 0.0886. The molecule has 0 radical (unpaired) electrons. The van der Waals surface area contributed by atoms with Crippen molar-refractivity contribution in [3.05, 3.63) is 34.4 Å². The first-order valence-electron chi connectivity index (χ1n) is 6.12. The van der Waals surface area contributed by atoms with Crippen molar-refractivity contribution in [2.75, 3.05) is 19.0 Å². The summed E-state index contributed by atoms with van der Waals surface area (Å²) < 4.78 is 10.5. The Morgan fingerprint density at radius 2 is 2.33 bits per heavy atom. The number of thiazole rings is 1. The number of aromatic nitrogens is 2. The minimum Gasteiger partial charge on any atom is -0.472 e. The van der Waals surface area contributed by atoms with E-state index >= 15 is 0 Å². The zero-order valence-corrected chi connectivity index (χ0v) is 13.1. The number of carbonyl (C=O) groups excluding carboxylic acids is 1. The number of hydrogen-bond acceptors (Lipinski definition) is 6. The molecule has 1 atom stereocenters. The van der Waals surface area contributed by atoms with Crippen molar-refractivity contribution in [3.63, 3.8) is 0 Å². The number of halogens is 1. The molecule has 0 saturated carbocycles. The average molecular weight is 328 g/mol. The second kappa shape index (κ2) is 7.35. The summed E-state index contributed by atoms with van der Waals surface area (Å²) in [6.07, 6.45) is 1.41. The maximum atomic E-state index is 12.1. The summed E-state index contributed by atoms with van der Waals surface area (Å²) >= 11 is 7.25. The first kappa shape index (κ1) is 15.7. The monoisotopic (exact) mass is 327 g/mol. The van der Waals surface area contributed by atoms with E-state index in [1.165, 1.54) is 23.5 Å². The topological polar surface area (TPSA) is 73.3 Å². The highest BCUT2D eigenvalue weighted by Gasteiger charge is 2.13. The molecule has 2 heterocycles. The smallest absolute Gasteiger partial charge is 0.257 e. The van der Waals surface area contributed by atoms with E-state index in [9.17, 15) is 4.79 Å². The summed E-state index contributed by atoms with van der Waals surface area (Å²) in [6, 6.07) is 3.00. The molecule has 0 bridgehead atoms. The number of rotatable bonds is 6. The molecule has 1 amide bonds. The summed E-state index contributed by atoms with van der Waals surface area (Å²) in [4.78, 5) is 20.1. The number of methoxy groups -OCH3 is 1. The van der Waals surface area contributed by atoms with E-state index in [1.807, 2.05) is 6.92 Å². The van der Waals surface area contributed by atoms with Crippen LogP contribution in [0.15, 0.2) is 23.7 Å². The van der Waals surface area contributed by atoms with Crippen LogP contribution in [-0.4, -0.2) is 35.7 Å². The first-order chi connectivity index (χ1) is 10.1. The summed E-state index contributed by atoms with van der Waals surface area (Å²) in [7, 11) is 1.58. The number of pyridine rings is 1. The molecule has 0 fully saturated rings. The Morgan fingerprint density at radius 3 is 3.00 bits per heavy atom. The molecule has 0 saturated heterocycles. The fourth-order valence-electron chi connectivity index (χ4n) is 1.59. The molecule has 2 aromatic rings. The quantitative estimate of drug-likeness (QED) is 0.826. The van der Waals surface area contributed by atoms with Gasteiger partial charge in [0.05, 0.1) is 6.61 Å². The Labute approximate surface area is 131 Å². The molecule has 0 spiro atoms. The minimum atomic E-state index is -0.321. The van der Waals surface area contributed by atoms with Gasteiger partial charge >= 0.3 is 0 Å². The van der Waals surface area contributed by atoms with Gasteiger partial charge in [-0.25, -0.2) is 9.97 Å². The van der Waals surface area contributed by atoms with Gasteiger partial charge in [0.1, 0.15) is 11.3 Å². The molecule has 2 aromatic heterocycles.